The van der Waals surface area contributed by atoms with Gasteiger partial charge in [0.05, 0.1) is 23.3 Å². The Morgan fingerprint density at radius 2 is 1.66 bits per heavy atom. The molecule has 4 aliphatic rings. The van der Waals surface area contributed by atoms with Crippen molar-refractivity contribution in [3.8, 4) is 0 Å². The molecular formula is C31H35FN4O5. The molecule has 41 heavy (non-hydrogen) atoms. The third kappa shape index (κ3) is 5.43. The van der Waals surface area contributed by atoms with Gasteiger partial charge in [-0.25, -0.2) is 4.39 Å². The first-order chi connectivity index (χ1) is 19.7. The van der Waals surface area contributed by atoms with Crippen LogP contribution in [0.1, 0.15) is 64.1 Å². The van der Waals surface area contributed by atoms with E-state index in [-0.39, 0.29) is 42.0 Å². The number of likely N-dealkylation sites (tertiary alicyclic amines) is 1. The summed E-state index contributed by atoms with van der Waals surface area (Å²) < 4.78 is 21.0. The molecule has 0 aliphatic carbocycles. The Morgan fingerprint density at radius 1 is 0.927 bits per heavy atom. The maximum Gasteiger partial charge on any atom is 0.262 e. The van der Waals surface area contributed by atoms with Crippen molar-refractivity contribution in [2.45, 2.75) is 70.4 Å². The van der Waals surface area contributed by atoms with Crippen molar-refractivity contribution in [1.82, 2.24) is 20.0 Å². The minimum Gasteiger partial charge on any atom is -0.373 e. The topological polar surface area (TPSA) is 99.3 Å². The van der Waals surface area contributed by atoms with E-state index in [0.717, 1.165) is 36.6 Å². The highest BCUT2D eigenvalue weighted by atomic mass is 19.1. The van der Waals surface area contributed by atoms with E-state index < -0.39 is 29.7 Å². The number of piperidine rings is 1. The minimum absolute atomic E-state index is 0.0662. The van der Waals surface area contributed by atoms with Gasteiger partial charge in [-0.3, -0.25) is 39.2 Å². The zero-order valence-electron chi connectivity index (χ0n) is 23.4. The molecule has 2 aromatic carbocycles. The zero-order valence-corrected chi connectivity index (χ0v) is 23.4. The number of rotatable bonds is 7. The van der Waals surface area contributed by atoms with Gasteiger partial charge in [-0.1, -0.05) is 24.3 Å². The first-order valence-electron chi connectivity index (χ1n) is 14.4. The highest BCUT2D eigenvalue weighted by Crippen LogP contribution is 2.31. The lowest BCUT2D eigenvalue weighted by Gasteiger charge is -2.49. The molecular weight excluding hydrogens is 527 g/mol. The summed E-state index contributed by atoms with van der Waals surface area (Å²) in [6.07, 6.45) is 1.39. The van der Waals surface area contributed by atoms with Gasteiger partial charge in [0.2, 0.25) is 11.8 Å². The second kappa shape index (κ2) is 11.1. The molecule has 1 N–H and O–H groups in total. The first kappa shape index (κ1) is 27.7. The Morgan fingerprint density at radius 3 is 2.37 bits per heavy atom. The van der Waals surface area contributed by atoms with Crippen molar-refractivity contribution in [3.63, 3.8) is 0 Å². The molecule has 6 rings (SSSR count). The highest BCUT2D eigenvalue weighted by molar-refractivity contribution is 6.24. The number of benzene rings is 2. The maximum absolute atomic E-state index is 15.1. The SMILES string of the molecule is C[C@@H]1CN(C2CN(Cc3ccc(CCc4cccc5c4C(=O)N(C4CCC(=O)NC4=O)C5=O)c(F)c3)C2)C[C@H](C)O1. The van der Waals surface area contributed by atoms with Gasteiger partial charge in [0.15, 0.2) is 0 Å². The highest BCUT2D eigenvalue weighted by Gasteiger charge is 2.45. The third-order valence-corrected chi connectivity index (χ3v) is 8.64. The summed E-state index contributed by atoms with van der Waals surface area (Å²) in [5.41, 5.74) is 2.60. The van der Waals surface area contributed by atoms with Gasteiger partial charge in [-0.2, -0.15) is 0 Å². The molecule has 0 aromatic heterocycles. The number of hydrogen-bond acceptors (Lipinski definition) is 7. The maximum atomic E-state index is 15.1. The summed E-state index contributed by atoms with van der Waals surface area (Å²) >= 11 is 0. The zero-order chi connectivity index (χ0) is 28.8. The number of halogens is 1. The van der Waals surface area contributed by atoms with Crippen molar-refractivity contribution < 1.29 is 28.3 Å². The lowest BCUT2D eigenvalue weighted by Crippen LogP contribution is -2.62. The molecule has 3 atom stereocenters. The average Bonchev–Trinajstić information content (AvgIpc) is 3.15. The minimum atomic E-state index is -1.01. The van der Waals surface area contributed by atoms with E-state index >= 15 is 4.39 Å². The van der Waals surface area contributed by atoms with Crippen LogP contribution in [0, 0.1) is 5.82 Å². The molecule has 216 valence electrons. The van der Waals surface area contributed by atoms with E-state index in [1.165, 1.54) is 0 Å². The molecule has 0 saturated carbocycles. The van der Waals surface area contributed by atoms with Crippen LogP contribution in [-0.4, -0.2) is 88.8 Å². The Hall–Kier alpha value is -3.47. The van der Waals surface area contributed by atoms with Crippen LogP contribution in [0.5, 0.6) is 0 Å². The molecule has 9 nitrogen and oxygen atoms in total. The number of amides is 4. The predicted octanol–water partition coefficient (Wildman–Crippen LogP) is 2.31. The van der Waals surface area contributed by atoms with Crippen LogP contribution < -0.4 is 5.32 Å². The van der Waals surface area contributed by atoms with Crippen molar-refractivity contribution in [2.24, 2.45) is 0 Å². The smallest absolute Gasteiger partial charge is 0.262 e. The molecule has 2 aromatic rings. The number of aryl methyl sites for hydroxylation is 2. The third-order valence-electron chi connectivity index (χ3n) is 8.64. The fraction of sp³-hybridized carbons (Fsp3) is 0.484. The number of nitrogens with zero attached hydrogens (tertiary/aromatic N) is 3. The van der Waals surface area contributed by atoms with E-state index in [2.05, 4.69) is 29.0 Å². The molecule has 10 heteroatoms. The van der Waals surface area contributed by atoms with Crippen LogP contribution in [0.4, 0.5) is 4.39 Å². The molecule has 1 unspecified atom stereocenters. The molecule has 4 aliphatic heterocycles. The van der Waals surface area contributed by atoms with E-state index in [1.807, 2.05) is 6.07 Å². The second-order valence-corrected chi connectivity index (χ2v) is 11.8. The summed E-state index contributed by atoms with van der Waals surface area (Å²) in [6.45, 7) is 8.75. The molecule has 3 fully saturated rings. The molecule has 0 radical (unpaired) electrons. The fourth-order valence-electron chi connectivity index (χ4n) is 6.63. The lowest BCUT2D eigenvalue weighted by atomic mass is 9.96. The predicted molar refractivity (Wildman–Crippen MR) is 148 cm³/mol. The Balaban J connectivity index is 1.07. The quantitative estimate of drug-likeness (QED) is 0.517. The van der Waals surface area contributed by atoms with Crippen LogP contribution in [0.15, 0.2) is 36.4 Å². The van der Waals surface area contributed by atoms with Gasteiger partial charge >= 0.3 is 0 Å². The van der Waals surface area contributed by atoms with Crippen LogP contribution in [0.3, 0.4) is 0 Å². The van der Waals surface area contributed by atoms with Gasteiger partial charge in [0, 0.05) is 45.2 Å². The van der Waals surface area contributed by atoms with Crippen LogP contribution >= 0.6 is 0 Å². The van der Waals surface area contributed by atoms with Crippen LogP contribution in [-0.2, 0) is 33.7 Å². The summed E-state index contributed by atoms with van der Waals surface area (Å²) in [5, 5.41) is 2.21. The van der Waals surface area contributed by atoms with Crippen molar-refractivity contribution in [2.75, 3.05) is 26.2 Å². The number of carbonyl (C=O) groups excluding carboxylic acids is 4. The van der Waals surface area contributed by atoms with Crippen LogP contribution in [0.2, 0.25) is 0 Å². The first-order valence-corrected chi connectivity index (χ1v) is 14.4. The van der Waals surface area contributed by atoms with E-state index in [4.69, 9.17) is 4.74 Å². The fourth-order valence-corrected chi connectivity index (χ4v) is 6.63. The van der Waals surface area contributed by atoms with E-state index in [1.54, 1.807) is 30.3 Å². The standard InChI is InChI=1S/C31H35FN4O5/c1-18-13-35(14-19(2)41-18)23-16-34(17-23)15-20-6-7-21(25(32)12-20)8-9-22-4-3-5-24-28(22)31(40)36(30(24)39)26-10-11-27(37)33-29(26)38/h3-7,12,18-19,23,26H,8-11,13-17H2,1-2H3,(H,33,37,38)/t18-,19+,26?. The van der Waals surface area contributed by atoms with Crippen LogP contribution in [0.25, 0.3) is 0 Å². The molecule has 0 spiro atoms. The number of carbonyl (C=O) groups is 4. The number of nitrogens with one attached hydrogen (secondary N) is 1. The number of morpholine rings is 1. The van der Waals surface area contributed by atoms with Crippen molar-refractivity contribution >= 4 is 23.6 Å². The number of ether oxygens (including phenoxy) is 1. The lowest BCUT2D eigenvalue weighted by molar-refractivity contribution is -0.136. The Bertz CT molecular complexity index is 1400. The number of fused-ring (bicyclic) bond motifs is 1. The average molecular weight is 563 g/mol. The Labute approximate surface area is 238 Å². The summed E-state index contributed by atoms with van der Waals surface area (Å²) in [6, 6.07) is 9.89. The summed E-state index contributed by atoms with van der Waals surface area (Å²) in [7, 11) is 0. The molecule has 4 heterocycles. The van der Waals surface area contributed by atoms with E-state index in [9.17, 15) is 19.2 Å². The van der Waals surface area contributed by atoms with Gasteiger partial charge in [-0.15, -0.1) is 0 Å². The molecule has 4 amide bonds. The monoisotopic (exact) mass is 562 g/mol. The number of hydrogen-bond donors (Lipinski definition) is 1. The van der Waals surface area contributed by atoms with Gasteiger partial charge in [0.1, 0.15) is 11.9 Å². The largest absolute Gasteiger partial charge is 0.373 e. The Kier molecular flexibility index (Phi) is 7.48. The summed E-state index contributed by atoms with van der Waals surface area (Å²) in [4.78, 5) is 56.1. The van der Waals surface area contributed by atoms with Gasteiger partial charge in [-0.05, 0) is 61.9 Å². The van der Waals surface area contributed by atoms with E-state index in [0.29, 0.717) is 36.6 Å². The summed E-state index contributed by atoms with van der Waals surface area (Å²) in [5.74, 6) is -2.42. The number of imide groups is 2. The second-order valence-electron chi connectivity index (χ2n) is 11.8. The van der Waals surface area contributed by atoms with Gasteiger partial charge < -0.3 is 4.74 Å². The molecule has 3 saturated heterocycles. The normalized spacial score (nSPS) is 25.8. The van der Waals surface area contributed by atoms with Gasteiger partial charge in [0.25, 0.3) is 11.8 Å². The molecule has 0 bridgehead atoms. The van der Waals surface area contributed by atoms with Crippen molar-refractivity contribution in [1.29, 1.82) is 0 Å². The van der Waals surface area contributed by atoms with Crippen molar-refractivity contribution in [3.05, 3.63) is 70.0 Å².